The van der Waals surface area contributed by atoms with Crippen molar-refractivity contribution in [3.63, 3.8) is 0 Å². The van der Waals surface area contributed by atoms with Gasteiger partial charge in [-0.3, -0.25) is 4.79 Å². The Hall–Kier alpha value is -1.15. The average Bonchev–Trinajstić information content (AvgIpc) is 2.53. The van der Waals surface area contributed by atoms with Crippen LogP contribution in [0.15, 0.2) is 27.1 Å². The van der Waals surface area contributed by atoms with E-state index < -0.39 is 9.84 Å². The van der Waals surface area contributed by atoms with Crippen LogP contribution in [0.5, 0.6) is 0 Å². The summed E-state index contributed by atoms with van der Waals surface area (Å²) in [5.74, 6) is 0.309. The molecule has 6 nitrogen and oxygen atoms in total. The Kier molecular flexibility index (Phi) is 2.85. The maximum absolute atomic E-state index is 11.2. The smallest absolute Gasteiger partial charge is 0.267 e. The highest BCUT2D eigenvalue weighted by atomic mass is 79.9. The predicted octanol–water partition coefficient (Wildman–Crippen LogP) is 0.255. The molecule has 2 rings (SSSR count). The monoisotopic (exact) mass is 305 g/mol. The average molecular weight is 306 g/mol. The van der Waals surface area contributed by atoms with E-state index in [0.717, 1.165) is 5.41 Å². The fourth-order valence-corrected chi connectivity index (χ4v) is 2.89. The second-order valence-corrected chi connectivity index (χ2v) is 6.03. The quantitative estimate of drug-likeness (QED) is 0.817. The Bertz CT molecular complexity index is 593. The molecule has 0 aliphatic carbocycles. The number of aromatic amines is 1. The molecule has 8 heteroatoms. The van der Waals surface area contributed by atoms with Crippen molar-refractivity contribution in [2.75, 3.05) is 11.1 Å². The number of sulfone groups is 1. The van der Waals surface area contributed by atoms with Crippen LogP contribution in [0, 0.1) is 0 Å². The van der Waals surface area contributed by atoms with Crippen LogP contribution in [0.1, 0.15) is 0 Å². The standard InChI is InChI=1S/C8H8BrN3O3S/c9-6-7(10-4-11-8(6)13)12-5-1-2-16(14,15)3-5/h1-2,4-5H,3H2,(H2,10,11,12,13). The van der Waals surface area contributed by atoms with Gasteiger partial charge in [-0.1, -0.05) is 0 Å². The zero-order chi connectivity index (χ0) is 11.8. The fraction of sp³-hybridized carbons (Fsp3) is 0.250. The van der Waals surface area contributed by atoms with Crippen LogP contribution in [-0.2, 0) is 9.84 Å². The molecule has 0 amide bonds. The lowest BCUT2D eigenvalue weighted by molar-refractivity contribution is 0.605. The zero-order valence-electron chi connectivity index (χ0n) is 7.97. The number of rotatable bonds is 2. The van der Waals surface area contributed by atoms with Gasteiger partial charge in [-0.25, -0.2) is 13.4 Å². The minimum Gasteiger partial charge on any atom is -0.362 e. The number of anilines is 1. The van der Waals surface area contributed by atoms with Gasteiger partial charge in [0, 0.05) is 5.41 Å². The molecule has 0 fully saturated rings. The summed E-state index contributed by atoms with van der Waals surface area (Å²) in [4.78, 5) is 17.5. The molecule has 16 heavy (non-hydrogen) atoms. The van der Waals surface area contributed by atoms with Gasteiger partial charge in [0.15, 0.2) is 9.84 Å². The summed E-state index contributed by atoms with van der Waals surface area (Å²) in [7, 11) is -3.11. The van der Waals surface area contributed by atoms with Gasteiger partial charge in [-0.2, -0.15) is 0 Å². The Balaban J connectivity index is 2.21. The summed E-state index contributed by atoms with van der Waals surface area (Å²) in [6.45, 7) is 0. The minimum absolute atomic E-state index is 0.0199. The molecule has 2 N–H and O–H groups in total. The third-order valence-electron chi connectivity index (χ3n) is 2.05. The SMILES string of the molecule is O=c1[nH]cnc(NC2C=CS(=O)(=O)C2)c1Br. The van der Waals surface area contributed by atoms with Crippen molar-refractivity contribution in [1.29, 1.82) is 0 Å². The van der Waals surface area contributed by atoms with Gasteiger partial charge >= 0.3 is 0 Å². The number of nitrogens with zero attached hydrogens (tertiary/aromatic N) is 1. The lowest BCUT2D eigenvalue weighted by Crippen LogP contribution is -2.23. The van der Waals surface area contributed by atoms with Gasteiger partial charge < -0.3 is 10.3 Å². The van der Waals surface area contributed by atoms with Crippen LogP contribution in [0.4, 0.5) is 5.82 Å². The molecule has 0 bridgehead atoms. The number of hydrogen-bond acceptors (Lipinski definition) is 5. The highest BCUT2D eigenvalue weighted by Gasteiger charge is 2.22. The molecule has 1 aliphatic rings. The van der Waals surface area contributed by atoms with Gasteiger partial charge in [-0.15, -0.1) is 0 Å². The number of hydrogen-bond donors (Lipinski definition) is 2. The fourth-order valence-electron chi connectivity index (χ4n) is 1.32. The Labute approximate surface area is 99.8 Å². The van der Waals surface area contributed by atoms with Crippen molar-refractivity contribution in [2.45, 2.75) is 6.04 Å². The molecule has 1 unspecified atom stereocenters. The number of nitrogens with one attached hydrogen (secondary N) is 2. The van der Waals surface area contributed by atoms with E-state index in [1.165, 1.54) is 12.4 Å². The molecular weight excluding hydrogens is 298 g/mol. The molecule has 1 aromatic rings. The minimum atomic E-state index is -3.11. The van der Waals surface area contributed by atoms with E-state index >= 15 is 0 Å². The van der Waals surface area contributed by atoms with Crippen LogP contribution in [0.3, 0.4) is 0 Å². The van der Waals surface area contributed by atoms with Gasteiger partial charge in [-0.05, 0) is 22.0 Å². The highest BCUT2D eigenvalue weighted by Crippen LogP contribution is 2.17. The first-order valence-corrected chi connectivity index (χ1v) is 6.89. The maximum Gasteiger partial charge on any atom is 0.267 e. The second kappa shape index (κ2) is 4.02. The Morgan fingerprint density at radius 2 is 2.31 bits per heavy atom. The molecule has 1 aliphatic heterocycles. The van der Waals surface area contributed by atoms with Crippen LogP contribution in [0.2, 0.25) is 0 Å². The molecular formula is C8H8BrN3O3S. The van der Waals surface area contributed by atoms with E-state index in [9.17, 15) is 13.2 Å². The van der Waals surface area contributed by atoms with Crippen molar-refractivity contribution >= 4 is 31.6 Å². The lowest BCUT2D eigenvalue weighted by Gasteiger charge is -2.10. The highest BCUT2D eigenvalue weighted by molar-refractivity contribution is 9.10. The first-order valence-electron chi connectivity index (χ1n) is 4.38. The van der Waals surface area contributed by atoms with E-state index in [2.05, 4.69) is 31.2 Å². The van der Waals surface area contributed by atoms with E-state index in [1.54, 1.807) is 0 Å². The topological polar surface area (TPSA) is 91.9 Å². The predicted molar refractivity (Wildman–Crippen MR) is 62.9 cm³/mol. The number of halogens is 1. The van der Waals surface area contributed by atoms with Crippen molar-refractivity contribution < 1.29 is 8.42 Å². The van der Waals surface area contributed by atoms with Crippen molar-refractivity contribution in [3.05, 3.63) is 32.6 Å². The summed E-state index contributed by atoms with van der Waals surface area (Å²) in [5.41, 5.74) is -0.317. The third-order valence-corrected chi connectivity index (χ3v) is 4.18. The summed E-state index contributed by atoms with van der Waals surface area (Å²) in [6, 6.07) is -0.351. The molecule has 86 valence electrons. The van der Waals surface area contributed by atoms with Crippen molar-refractivity contribution in [2.24, 2.45) is 0 Å². The molecule has 0 saturated heterocycles. The summed E-state index contributed by atoms with van der Waals surface area (Å²) >= 11 is 3.07. The van der Waals surface area contributed by atoms with Crippen LogP contribution < -0.4 is 10.9 Å². The molecule has 0 aromatic carbocycles. The molecule has 0 radical (unpaired) electrons. The Morgan fingerprint density at radius 1 is 1.56 bits per heavy atom. The Morgan fingerprint density at radius 3 is 2.94 bits per heavy atom. The summed E-state index contributed by atoms with van der Waals surface area (Å²) in [6.07, 6.45) is 2.78. The van der Waals surface area contributed by atoms with Crippen LogP contribution in [0.25, 0.3) is 0 Å². The maximum atomic E-state index is 11.2. The molecule has 1 aromatic heterocycles. The lowest BCUT2D eigenvalue weighted by atomic mass is 10.3. The summed E-state index contributed by atoms with van der Waals surface area (Å²) in [5, 5.41) is 4.02. The van der Waals surface area contributed by atoms with E-state index in [4.69, 9.17) is 0 Å². The number of aromatic nitrogens is 2. The van der Waals surface area contributed by atoms with E-state index in [1.807, 2.05) is 0 Å². The van der Waals surface area contributed by atoms with Crippen molar-refractivity contribution in [3.8, 4) is 0 Å². The van der Waals surface area contributed by atoms with Gasteiger partial charge in [0.25, 0.3) is 5.56 Å². The van der Waals surface area contributed by atoms with Gasteiger partial charge in [0.1, 0.15) is 10.3 Å². The van der Waals surface area contributed by atoms with Crippen LogP contribution in [-0.4, -0.2) is 30.2 Å². The van der Waals surface area contributed by atoms with E-state index in [0.29, 0.717) is 5.82 Å². The van der Waals surface area contributed by atoms with Crippen molar-refractivity contribution in [1.82, 2.24) is 9.97 Å². The zero-order valence-corrected chi connectivity index (χ0v) is 10.4. The first kappa shape index (κ1) is 11.3. The largest absolute Gasteiger partial charge is 0.362 e. The molecule has 2 heterocycles. The van der Waals surface area contributed by atoms with Gasteiger partial charge in [0.2, 0.25) is 0 Å². The third kappa shape index (κ3) is 2.33. The molecule has 1 atom stereocenters. The normalized spacial score (nSPS) is 22.2. The summed E-state index contributed by atoms with van der Waals surface area (Å²) < 4.78 is 22.6. The molecule has 0 saturated carbocycles. The second-order valence-electron chi connectivity index (χ2n) is 3.30. The van der Waals surface area contributed by atoms with Gasteiger partial charge in [0.05, 0.1) is 18.1 Å². The van der Waals surface area contributed by atoms with Crippen LogP contribution >= 0.6 is 15.9 Å². The number of H-pyrrole nitrogens is 1. The molecule has 0 spiro atoms. The van der Waals surface area contributed by atoms with E-state index in [-0.39, 0.29) is 21.8 Å². The first-order chi connectivity index (χ1) is 7.48.